The number of carbonyl (C=O) groups is 2. The lowest BCUT2D eigenvalue weighted by molar-refractivity contribution is 0.0583. The Morgan fingerprint density at radius 3 is 1.32 bits per heavy atom. The topological polar surface area (TPSA) is 77.5 Å². The zero-order chi connectivity index (χ0) is 44.2. The Morgan fingerprint density at radius 1 is 0.597 bits per heavy atom. The standard InChI is InChI=1S/2C24H26ClF2NO3/c2*1-14(18-8-7-16(26)10-21(18)25)28-9-3-4-17(13-28)31-23-12-22(27)20(24(29)30-2)11-19(23)15-5-6-15/h2*7-8,10-12,14-15,17H,3-6,9,13H2,1-2H3/t14-,17+;14-,17-/m01/s1. The molecule has 4 aliphatic rings. The van der Waals surface area contributed by atoms with Crippen molar-refractivity contribution in [2.45, 2.75) is 101 Å². The summed E-state index contributed by atoms with van der Waals surface area (Å²) >= 11 is 12.5. The minimum absolute atomic E-state index is 0.000777. The molecule has 2 heterocycles. The fourth-order valence-electron chi connectivity index (χ4n) is 8.57. The van der Waals surface area contributed by atoms with E-state index in [1.165, 1.54) is 50.6 Å². The van der Waals surface area contributed by atoms with E-state index in [9.17, 15) is 27.2 Å². The molecule has 62 heavy (non-hydrogen) atoms. The van der Waals surface area contributed by atoms with Crippen LogP contribution in [0.15, 0.2) is 60.7 Å². The molecule has 4 aromatic carbocycles. The van der Waals surface area contributed by atoms with Crippen LogP contribution in [0.3, 0.4) is 0 Å². The van der Waals surface area contributed by atoms with E-state index in [1.54, 1.807) is 24.3 Å². The zero-order valence-electron chi connectivity index (χ0n) is 35.3. The number of esters is 2. The maximum absolute atomic E-state index is 14.6. The van der Waals surface area contributed by atoms with Gasteiger partial charge in [0.15, 0.2) is 0 Å². The molecule has 0 radical (unpaired) electrons. The Labute approximate surface area is 370 Å². The van der Waals surface area contributed by atoms with Gasteiger partial charge in [0.1, 0.15) is 47.0 Å². The zero-order valence-corrected chi connectivity index (χ0v) is 36.8. The molecular weight excluding hydrogens is 847 g/mol. The molecule has 0 spiro atoms. The summed E-state index contributed by atoms with van der Waals surface area (Å²) in [6.07, 6.45) is 7.32. The second kappa shape index (κ2) is 20.0. The third-order valence-electron chi connectivity index (χ3n) is 12.4. The lowest BCUT2D eigenvalue weighted by atomic mass is 10.0. The molecule has 0 N–H and O–H groups in total. The van der Waals surface area contributed by atoms with Crippen LogP contribution in [0, 0.1) is 23.3 Å². The average molecular weight is 900 g/mol. The van der Waals surface area contributed by atoms with Crippen molar-refractivity contribution in [3.63, 3.8) is 0 Å². The lowest BCUT2D eigenvalue weighted by Gasteiger charge is -2.37. The molecule has 4 aromatic rings. The molecular formula is C48H52Cl2F4N2O6. The van der Waals surface area contributed by atoms with Crippen LogP contribution >= 0.6 is 23.2 Å². The number of rotatable bonds is 12. The van der Waals surface area contributed by atoms with Gasteiger partial charge in [-0.25, -0.2) is 27.2 Å². The predicted octanol–water partition coefficient (Wildman–Crippen LogP) is 11.8. The summed E-state index contributed by atoms with van der Waals surface area (Å²) in [7, 11) is 2.49. The molecule has 2 saturated heterocycles. The van der Waals surface area contributed by atoms with Crippen LogP contribution in [0.1, 0.15) is 132 Å². The summed E-state index contributed by atoms with van der Waals surface area (Å²) < 4.78 is 77.9. The molecule has 8 rings (SSSR count). The Morgan fingerprint density at radius 2 is 0.984 bits per heavy atom. The van der Waals surface area contributed by atoms with Gasteiger partial charge in [-0.05, 0) is 149 Å². The van der Waals surface area contributed by atoms with Gasteiger partial charge in [0.2, 0.25) is 0 Å². The van der Waals surface area contributed by atoms with Crippen LogP contribution in [-0.4, -0.2) is 74.3 Å². The monoisotopic (exact) mass is 898 g/mol. The molecule has 4 atom stereocenters. The molecule has 0 unspecified atom stereocenters. The van der Waals surface area contributed by atoms with Gasteiger partial charge in [-0.3, -0.25) is 9.80 Å². The van der Waals surface area contributed by atoms with Crippen molar-refractivity contribution in [2.24, 2.45) is 0 Å². The molecule has 2 saturated carbocycles. The summed E-state index contributed by atoms with van der Waals surface area (Å²) in [5.41, 5.74) is 3.37. The molecule has 2 aliphatic heterocycles. The highest BCUT2D eigenvalue weighted by molar-refractivity contribution is 6.31. The predicted molar refractivity (Wildman–Crippen MR) is 230 cm³/mol. The van der Waals surface area contributed by atoms with E-state index >= 15 is 0 Å². The number of likely N-dealkylation sites (tertiary alicyclic amines) is 2. The number of halogens is 6. The van der Waals surface area contributed by atoms with E-state index in [2.05, 4.69) is 9.80 Å². The highest BCUT2D eigenvalue weighted by atomic mass is 35.5. The number of ether oxygens (including phenoxy) is 4. The summed E-state index contributed by atoms with van der Waals surface area (Å²) in [6, 6.07) is 14.7. The highest BCUT2D eigenvalue weighted by Gasteiger charge is 2.34. The van der Waals surface area contributed by atoms with Crippen LogP contribution < -0.4 is 9.47 Å². The second-order valence-corrected chi connectivity index (χ2v) is 17.5. The normalized spacial score (nSPS) is 20.4. The van der Waals surface area contributed by atoms with Crippen molar-refractivity contribution in [1.29, 1.82) is 0 Å². The van der Waals surface area contributed by atoms with E-state index < -0.39 is 23.6 Å². The third-order valence-corrected chi connectivity index (χ3v) is 13.0. The van der Waals surface area contributed by atoms with Gasteiger partial charge in [-0.1, -0.05) is 35.3 Å². The van der Waals surface area contributed by atoms with Crippen LogP contribution in [0.2, 0.25) is 10.0 Å². The van der Waals surface area contributed by atoms with Crippen LogP contribution in [0.25, 0.3) is 0 Å². The van der Waals surface area contributed by atoms with Crippen LogP contribution in [0.5, 0.6) is 11.5 Å². The number of methoxy groups -OCH3 is 2. The van der Waals surface area contributed by atoms with Gasteiger partial charge in [-0.2, -0.15) is 0 Å². The van der Waals surface area contributed by atoms with Gasteiger partial charge in [0.25, 0.3) is 0 Å². The number of nitrogens with zero attached hydrogens (tertiary/aromatic N) is 2. The van der Waals surface area contributed by atoms with E-state index in [4.69, 9.17) is 42.1 Å². The molecule has 0 bridgehead atoms. The van der Waals surface area contributed by atoms with Gasteiger partial charge in [0.05, 0.1) is 25.3 Å². The van der Waals surface area contributed by atoms with Crippen molar-refractivity contribution < 1.29 is 46.1 Å². The highest BCUT2D eigenvalue weighted by Crippen LogP contribution is 2.47. The van der Waals surface area contributed by atoms with E-state index in [1.807, 2.05) is 13.8 Å². The summed E-state index contributed by atoms with van der Waals surface area (Å²) in [5.74, 6) is -1.75. The molecule has 332 valence electrons. The maximum Gasteiger partial charge on any atom is 0.340 e. The average Bonchev–Trinajstić information content (AvgIpc) is 4.19. The first-order chi connectivity index (χ1) is 29.7. The fourth-order valence-corrected chi connectivity index (χ4v) is 9.22. The minimum Gasteiger partial charge on any atom is -0.489 e. The van der Waals surface area contributed by atoms with Crippen molar-refractivity contribution >= 4 is 35.1 Å². The fraction of sp³-hybridized carbons (Fsp3) is 0.458. The summed E-state index contributed by atoms with van der Waals surface area (Å²) in [5, 5.41) is 0.819. The largest absolute Gasteiger partial charge is 0.489 e. The number of carbonyl (C=O) groups excluding carboxylic acids is 2. The SMILES string of the molecule is COC(=O)c1cc(C2CC2)c(O[C@@H]2CCCN([C@@H](C)c3ccc(F)cc3Cl)C2)cc1F.COC(=O)c1cc(C2CC2)c(O[C@@H]2CCCN([C@H](C)c3ccc(F)cc3Cl)C2)cc1F. The van der Waals surface area contributed by atoms with Gasteiger partial charge in [0, 0.05) is 47.4 Å². The summed E-state index contributed by atoms with van der Waals surface area (Å²) in [4.78, 5) is 28.3. The Kier molecular flexibility index (Phi) is 14.7. The molecule has 0 amide bonds. The third kappa shape index (κ3) is 10.9. The number of hydrogen-bond donors (Lipinski definition) is 0. The number of hydrogen-bond acceptors (Lipinski definition) is 8. The van der Waals surface area contributed by atoms with Crippen molar-refractivity contribution in [1.82, 2.24) is 9.80 Å². The molecule has 8 nitrogen and oxygen atoms in total. The first kappa shape index (κ1) is 45.7. The second-order valence-electron chi connectivity index (χ2n) is 16.7. The van der Waals surface area contributed by atoms with Crippen molar-refractivity contribution in [2.75, 3.05) is 40.4 Å². The van der Waals surface area contributed by atoms with Gasteiger partial charge in [-0.15, -0.1) is 0 Å². The molecule has 4 fully saturated rings. The Balaban J connectivity index is 0.000000186. The minimum atomic E-state index is -0.681. The van der Waals surface area contributed by atoms with Gasteiger partial charge >= 0.3 is 11.9 Å². The maximum atomic E-state index is 14.6. The lowest BCUT2D eigenvalue weighted by Crippen LogP contribution is -2.42. The van der Waals surface area contributed by atoms with Crippen LogP contribution in [0.4, 0.5) is 17.6 Å². The summed E-state index contributed by atoms with van der Waals surface area (Å²) in [6.45, 7) is 7.14. The number of benzene rings is 4. The Bertz CT molecular complexity index is 2120. The van der Waals surface area contributed by atoms with Crippen molar-refractivity contribution in [3.05, 3.63) is 127 Å². The molecule has 0 aromatic heterocycles. The Hall–Kier alpha value is -4.36. The first-order valence-corrected chi connectivity index (χ1v) is 22.0. The van der Waals surface area contributed by atoms with E-state index in [0.29, 0.717) is 34.6 Å². The quantitative estimate of drug-likeness (QED) is 0.103. The van der Waals surface area contributed by atoms with E-state index in [0.717, 1.165) is 86.7 Å². The van der Waals surface area contributed by atoms with Crippen LogP contribution in [-0.2, 0) is 9.47 Å². The molecule has 2 aliphatic carbocycles. The smallest absolute Gasteiger partial charge is 0.340 e. The van der Waals surface area contributed by atoms with Gasteiger partial charge < -0.3 is 18.9 Å². The van der Waals surface area contributed by atoms with Crippen molar-refractivity contribution in [3.8, 4) is 11.5 Å². The van der Waals surface area contributed by atoms with E-state index in [-0.39, 0.29) is 58.9 Å². The number of piperidine rings is 2. The first-order valence-electron chi connectivity index (χ1n) is 21.3. The molecule has 14 heteroatoms.